The first-order chi connectivity index (χ1) is 4.38. The van der Waals surface area contributed by atoms with Crippen LogP contribution in [-0.4, -0.2) is 35.2 Å². The highest BCUT2D eigenvalue weighted by atomic mass is 16.3. The van der Waals surface area contributed by atoms with Crippen molar-refractivity contribution < 1.29 is 5.11 Å². The van der Waals surface area contributed by atoms with Crippen molar-refractivity contribution in [2.75, 3.05) is 13.1 Å². The summed E-state index contributed by atoms with van der Waals surface area (Å²) in [5.41, 5.74) is 0. The van der Waals surface area contributed by atoms with Crippen LogP contribution in [0.2, 0.25) is 0 Å². The second-order valence-electron chi connectivity index (χ2n) is 3.10. The molecule has 2 fully saturated rings. The average molecular weight is 127 g/mol. The maximum absolute atomic E-state index is 9.20. The minimum absolute atomic E-state index is 0.00491. The van der Waals surface area contributed by atoms with Gasteiger partial charge in [0, 0.05) is 6.04 Å². The number of likely N-dealkylation sites (tertiary alicyclic amines) is 1. The van der Waals surface area contributed by atoms with Gasteiger partial charge in [0.2, 0.25) is 0 Å². The molecule has 2 heteroatoms. The van der Waals surface area contributed by atoms with Crippen molar-refractivity contribution in [2.45, 2.75) is 31.4 Å². The van der Waals surface area contributed by atoms with E-state index in [9.17, 15) is 5.11 Å². The predicted octanol–water partition coefficient (Wildman–Crippen LogP) is 0.215. The summed E-state index contributed by atoms with van der Waals surface area (Å²) in [5, 5.41) is 9.20. The van der Waals surface area contributed by atoms with E-state index in [1.165, 1.54) is 25.9 Å². The molecule has 0 bridgehead atoms. The summed E-state index contributed by atoms with van der Waals surface area (Å²) < 4.78 is 0. The third kappa shape index (κ3) is 0.775. The molecule has 0 aromatic heterocycles. The summed E-state index contributed by atoms with van der Waals surface area (Å²) in [6.45, 7) is 2.45. The normalized spacial score (nSPS) is 43.7. The molecule has 2 unspecified atom stereocenters. The second kappa shape index (κ2) is 1.96. The van der Waals surface area contributed by atoms with Gasteiger partial charge in [0.15, 0.2) is 0 Å². The van der Waals surface area contributed by atoms with Gasteiger partial charge in [-0.3, -0.25) is 4.90 Å². The molecule has 1 heterocycles. The Bertz CT molecular complexity index is 111. The minimum Gasteiger partial charge on any atom is -0.391 e. The Morgan fingerprint density at radius 1 is 1.22 bits per heavy atom. The summed E-state index contributed by atoms with van der Waals surface area (Å²) in [4.78, 5) is 2.38. The van der Waals surface area contributed by atoms with E-state index in [1.807, 2.05) is 0 Å². The Kier molecular flexibility index (Phi) is 1.24. The van der Waals surface area contributed by atoms with Crippen LogP contribution in [0.25, 0.3) is 0 Å². The molecule has 1 saturated heterocycles. The van der Waals surface area contributed by atoms with Crippen LogP contribution >= 0.6 is 0 Å². The standard InChI is InChI=1S/C7H13NO/c9-7-3-2-6(7)8-4-1-5-8/h6-7,9H,1-5H2. The summed E-state index contributed by atoms with van der Waals surface area (Å²) >= 11 is 0. The van der Waals surface area contributed by atoms with Crippen LogP contribution in [0.3, 0.4) is 0 Å². The number of nitrogens with zero attached hydrogens (tertiary/aromatic N) is 1. The lowest BCUT2D eigenvalue weighted by molar-refractivity contribution is -0.0460. The largest absolute Gasteiger partial charge is 0.391 e. The van der Waals surface area contributed by atoms with Crippen LogP contribution in [0.15, 0.2) is 0 Å². The molecule has 0 radical (unpaired) electrons. The molecule has 2 atom stereocenters. The molecule has 2 nitrogen and oxygen atoms in total. The van der Waals surface area contributed by atoms with Crippen LogP contribution < -0.4 is 0 Å². The highest BCUT2D eigenvalue weighted by Gasteiger charge is 2.36. The molecular formula is C7H13NO. The van der Waals surface area contributed by atoms with Gasteiger partial charge in [0.05, 0.1) is 6.10 Å². The molecule has 0 spiro atoms. The van der Waals surface area contributed by atoms with Gasteiger partial charge < -0.3 is 5.11 Å². The molecule has 0 aromatic carbocycles. The predicted molar refractivity (Wildman–Crippen MR) is 35.2 cm³/mol. The monoisotopic (exact) mass is 127 g/mol. The van der Waals surface area contributed by atoms with Gasteiger partial charge in [-0.1, -0.05) is 0 Å². The molecule has 1 saturated carbocycles. The smallest absolute Gasteiger partial charge is 0.0696 e. The molecule has 2 aliphatic rings. The van der Waals surface area contributed by atoms with E-state index in [0.29, 0.717) is 6.04 Å². The van der Waals surface area contributed by atoms with E-state index in [2.05, 4.69) is 4.90 Å². The quantitative estimate of drug-likeness (QED) is 0.544. The second-order valence-corrected chi connectivity index (χ2v) is 3.10. The van der Waals surface area contributed by atoms with E-state index in [1.54, 1.807) is 0 Å². The van der Waals surface area contributed by atoms with Crippen LogP contribution in [0, 0.1) is 0 Å². The maximum atomic E-state index is 9.20. The Labute approximate surface area is 55.5 Å². The van der Waals surface area contributed by atoms with E-state index in [0.717, 1.165) is 6.42 Å². The Balaban J connectivity index is 1.83. The van der Waals surface area contributed by atoms with Crippen molar-refractivity contribution in [3.63, 3.8) is 0 Å². The van der Waals surface area contributed by atoms with Gasteiger partial charge in [0.1, 0.15) is 0 Å². The number of aliphatic hydroxyl groups excluding tert-OH is 1. The molecule has 1 aliphatic carbocycles. The SMILES string of the molecule is OC1CCC1N1CCC1. The average Bonchev–Trinajstić information content (AvgIpc) is 1.74. The summed E-state index contributed by atoms with van der Waals surface area (Å²) in [6.07, 6.45) is 3.59. The third-order valence-electron chi connectivity index (χ3n) is 2.56. The van der Waals surface area contributed by atoms with Gasteiger partial charge in [-0.15, -0.1) is 0 Å². The van der Waals surface area contributed by atoms with Gasteiger partial charge in [-0.2, -0.15) is 0 Å². The van der Waals surface area contributed by atoms with Crippen molar-refractivity contribution >= 4 is 0 Å². The third-order valence-corrected chi connectivity index (χ3v) is 2.56. The van der Waals surface area contributed by atoms with Crippen LogP contribution in [0.4, 0.5) is 0 Å². The zero-order chi connectivity index (χ0) is 6.27. The van der Waals surface area contributed by atoms with Gasteiger partial charge in [-0.05, 0) is 32.4 Å². The van der Waals surface area contributed by atoms with Gasteiger partial charge in [0.25, 0.3) is 0 Å². The van der Waals surface area contributed by atoms with Crippen molar-refractivity contribution in [1.82, 2.24) is 4.90 Å². The molecule has 9 heavy (non-hydrogen) atoms. The number of hydrogen-bond acceptors (Lipinski definition) is 2. The molecular weight excluding hydrogens is 114 g/mol. The fourth-order valence-electron chi connectivity index (χ4n) is 1.56. The Morgan fingerprint density at radius 3 is 2.11 bits per heavy atom. The first-order valence-corrected chi connectivity index (χ1v) is 3.80. The van der Waals surface area contributed by atoms with Crippen LogP contribution in [0.5, 0.6) is 0 Å². The van der Waals surface area contributed by atoms with Crippen molar-refractivity contribution in [3.8, 4) is 0 Å². The molecule has 0 amide bonds. The first kappa shape index (κ1) is 5.69. The summed E-state index contributed by atoms with van der Waals surface area (Å²) in [5.74, 6) is 0. The fraction of sp³-hybridized carbons (Fsp3) is 1.00. The first-order valence-electron chi connectivity index (χ1n) is 3.80. The minimum atomic E-state index is 0.00491. The zero-order valence-corrected chi connectivity index (χ0v) is 5.58. The zero-order valence-electron chi connectivity index (χ0n) is 5.58. The van der Waals surface area contributed by atoms with E-state index in [4.69, 9.17) is 0 Å². The molecule has 0 aromatic rings. The van der Waals surface area contributed by atoms with E-state index in [-0.39, 0.29) is 6.10 Å². The Morgan fingerprint density at radius 2 is 2.00 bits per heavy atom. The summed E-state index contributed by atoms with van der Waals surface area (Å²) in [6, 6.07) is 0.541. The van der Waals surface area contributed by atoms with E-state index < -0.39 is 0 Å². The summed E-state index contributed by atoms with van der Waals surface area (Å²) in [7, 11) is 0. The molecule has 1 aliphatic heterocycles. The number of hydrogen-bond donors (Lipinski definition) is 1. The van der Waals surface area contributed by atoms with Crippen LogP contribution in [0.1, 0.15) is 19.3 Å². The Hall–Kier alpha value is -0.0800. The van der Waals surface area contributed by atoms with Gasteiger partial charge in [-0.25, -0.2) is 0 Å². The molecule has 52 valence electrons. The van der Waals surface area contributed by atoms with Crippen molar-refractivity contribution in [2.24, 2.45) is 0 Å². The highest BCUT2D eigenvalue weighted by molar-refractivity contribution is 4.91. The lowest BCUT2D eigenvalue weighted by atomic mass is 9.86. The highest BCUT2D eigenvalue weighted by Crippen LogP contribution is 2.28. The number of rotatable bonds is 1. The van der Waals surface area contributed by atoms with Gasteiger partial charge >= 0.3 is 0 Å². The molecule has 2 rings (SSSR count). The fourth-order valence-corrected chi connectivity index (χ4v) is 1.56. The van der Waals surface area contributed by atoms with Crippen molar-refractivity contribution in [1.29, 1.82) is 0 Å². The lowest BCUT2D eigenvalue weighted by Crippen LogP contribution is -2.55. The topological polar surface area (TPSA) is 23.5 Å². The maximum Gasteiger partial charge on any atom is 0.0696 e. The van der Waals surface area contributed by atoms with E-state index >= 15 is 0 Å². The number of aliphatic hydroxyl groups is 1. The lowest BCUT2D eigenvalue weighted by Gasteiger charge is -2.46. The van der Waals surface area contributed by atoms with Crippen molar-refractivity contribution in [3.05, 3.63) is 0 Å². The van der Waals surface area contributed by atoms with Crippen LogP contribution in [-0.2, 0) is 0 Å². The molecule has 1 N–H and O–H groups in total.